The van der Waals surface area contributed by atoms with Crippen LogP contribution in [0.2, 0.25) is 0 Å². The van der Waals surface area contributed by atoms with E-state index in [2.05, 4.69) is 30.4 Å². The number of nitrogens with one attached hydrogen (secondary N) is 1. The maximum Gasteiger partial charge on any atom is 0.220 e. The number of carbonyl (C=O) groups excluding carboxylic acids is 1. The molecule has 1 amide bonds. The van der Waals surface area contributed by atoms with E-state index in [1.165, 1.54) is 5.56 Å². The van der Waals surface area contributed by atoms with E-state index in [9.17, 15) is 4.79 Å². The Labute approximate surface area is 167 Å². The summed E-state index contributed by atoms with van der Waals surface area (Å²) in [7, 11) is 0. The van der Waals surface area contributed by atoms with Crippen LogP contribution in [0.3, 0.4) is 0 Å². The molecule has 4 nitrogen and oxygen atoms in total. The molecule has 2 aromatic carbocycles. The molecule has 0 spiro atoms. The fraction of sp³-hybridized carbons (Fsp3) is 0.409. The molecule has 3 rings (SSSR count). The molecule has 5 heteroatoms. The minimum atomic E-state index is 0. The first-order valence-corrected chi connectivity index (χ1v) is 9.40. The minimum absolute atomic E-state index is 0. The van der Waals surface area contributed by atoms with Gasteiger partial charge in [0, 0.05) is 19.0 Å². The van der Waals surface area contributed by atoms with Gasteiger partial charge in [-0.2, -0.15) is 0 Å². The van der Waals surface area contributed by atoms with Crippen LogP contribution in [-0.4, -0.2) is 11.9 Å². The summed E-state index contributed by atoms with van der Waals surface area (Å²) in [5.41, 5.74) is 9.49. The number of hydrogen-bond donors (Lipinski definition) is 2. The lowest BCUT2D eigenvalue weighted by Gasteiger charge is -2.15. The van der Waals surface area contributed by atoms with Crippen LogP contribution in [0.15, 0.2) is 48.5 Å². The highest BCUT2D eigenvalue weighted by atomic mass is 35.5. The summed E-state index contributed by atoms with van der Waals surface area (Å²) in [4.78, 5) is 12.1. The lowest BCUT2D eigenvalue weighted by Crippen LogP contribution is -2.31. The smallest absolute Gasteiger partial charge is 0.220 e. The van der Waals surface area contributed by atoms with E-state index in [1.54, 1.807) is 0 Å². The standard InChI is InChI=1S/C22H28N2O2.ClH/c1-16-4-2-5-18(12-16)15-26-20-10-8-17(9-11-20)14-24-22(25)13-19-6-3-7-21(19)23;/h2,4-5,8-12,19,21H,3,6-7,13-15,23H2,1H3,(H,24,25);1H/t19-,21+;/m0./s1. The number of amides is 1. The summed E-state index contributed by atoms with van der Waals surface area (Å²) in [6.07, 6.45) is 3.80. The topological polar surface area (TPSA) is 64.3 Å². The average Bonchev–Trinajstić information content (AvgIpc) is 3.04. The first-order valence-electron chi connectivity index (χ1n) is 9.40. The maximum absolute atomic E-state index is 12.1. The van der Waals surface area contributed by atoms with Gasteiger partial charge < -0.3 is 15.8 Å². The Kier molecular flexibility index (Phi) is 8.14. The van der Waals surface area contributed by atoms with Gasteiger partial charge >= 0.3 is 0 Å². The molecule has 1 fully saturated rings. The Hall–Kier alpha value is -2.04. The normalized spacial score (nSPS) is 18.6. The molecular formula is C22H29ClN2O2. The lowest BCUT2D eigenvalue weighted by molar-refractivity contribution is -0.122. The minimum Gasteiger partial charge on any atom is -0.489 e. The highest BCUT2D eigenvalue weighted by Crippen LogP contribution is 2.26. The SMILES string of the molecule is Cc1cccc(COc2ccc(CNC(=O)C[C@@H]3CCC[C@H]3N)cc2)c1.Cl. The third-order valence-corrected chi connectivity index (χ3v) is 5.07. The van der Waals surface area contributed by atoms with Crippen LogP contribution < -0.4 is 15.8 Å². The molecule has 1 aliphatic rings. The summed E-state index contributed by atoms with van der Waals surface area (Å²) in [6.45, 7) is 3.17. The molecule has 0 unspecified atom stereocenters. The summed E-state index contributed by atoms with van der Waals surface area (Å²) < 4.78 is 5.83. The molecule has 0 saturated heterocycles. The fourth-order valence-corrected chi connectivity index (χ4v) is 3.50. The Balaban J connectivity index is 0.00000261. The van der Waals surface area contributed by atoms with Crippen molar-refractivity contribution in [1.29, 1.82) is 0 Å². The quantitative estimate of drug-likeness (QED) is 0.749. The Bertz CT molecular complexity index is 733. The van der Waals surface area contributed by atoms with Gasteiger partial charge in [-0.3, -0.25) is 4.79 Å². The molecule has 1 aliphatic carbocycles. The number of nitrogens with two attached hydrogens (primary N) is 1. The molecule has 27 heavy (non-hydrogen) atoms. The van der Waals surface area contributed by atoms with Gasteiger partial charge in [0.1, 0.15) is 12.4 Å². The van der Waals surface area contributed by atoms with E-state index in [0.717, 1.165) is 36.1 Å². The van der Waals surface area contributed by atoms with Crippen molar-refractivity contribution in [3.63, 3.8) is 0 Å². The Morgan fingerprint density at radius 1 is 1.15 bits per heavy atom. The molecule has 3 N–H and O–H groups in total. The van der Waals surface area contributed by atoms with Crippen LogP contribution >= 0.6 is 12.4 Å². The first-order chi connectivity index (χ1) is 12.6. The number of benzene rings is 2. The molecule has 0 bridgehead atoms. The van der Waals surface area contributed by atoms with E-state index in [1.807, 2.05) is 30.3 Å². The van der Waals surface area contributed by atoms with Gasteiger partial charge in [0.25, 0.3) is 0 Å². The van der Waals surface area contributed by atoms with Crippen molar-refractivity contribution in [2.24, 2.45) is 11.7 Å². The zero-order valence-electron chi connectivity index (χ0n) is 15.8. The van der Waals surface area contributed by atoms with Crippen LogP contribution in [0.4, 0.5) is 0 Å². The molecule has 2 aromatic rings. The zero-order chi connectivity index (χ0) is 18.4. The molecule has 146 valence electrons. The van der Waals surface area contributed by atoms with E-state index in [4.69, 9.17) is 10.5 Å². The molecule has 0 heterocycles. The Morgan fingerprint density at radius 2 is 1.93 bits per heavy atom. The van der Waals surface area contributed by atoms with E-state index < -0.39 is 0 Å². The monoisotopic (exact) mass is 388 g/mol. The predicted octanol–water partition coefficient (Wildman–Crippen LogP) is 4.13. The molecule has 0 radical (unpaired) electrons. The van der Waals surface area contributed by atoms with Gasteiger partial charge in [-0.1, -0.05) is 48.4 Å². The van der Waals surface area contributed by atoms with E-state index in [0.29, 0.717) is 25.5 Å². The van der Waals surface area contributed by atoms with Crippen molar-refractivity contribution in [3.8, 4) is 5.75 Å². The second kappa shape index (κ2) is 10.3. The summed E-state index contributed by atoms with van der Waals surface area (Å²) in [6, 6.07) is 16.4. The van der Waals surface area contributed by atoms with Crippen LogP contribution in [0.1, 0.15) is 42.4 Å². The van der Waals surface area contributed by atoms with Gasteiger partial charge in [0.2, 0.25) is 5.91 Å². The van der Waals surface area contributed by atoms with Crippen molar-refractivity contribution in [3.05, 3.63) is 65.2 Å². The van der Waals surface area contributed by atoms with Crippen molar-refractivity contribution in [1.82, 2.24) is 5.32 Å². The Morgan fingerprint density at radius 3 is 2.59 bits per heavy atom. The fourth-order valence-electron chi connectivity index (χ4n) is 3.50. The van der Waals surface area contributed by atoms with E-state index in [-0.39, 0.29) is 24.4 Å². The average molecular weight is 389 g/mol. The van der Waals surface area contributed by atoms with Crippen molar-refractivity contribution in [2.75, 3.05) is 0 Å². The third-order valence-electron chi connectivity index (χ3n) is 5.07. The molecule has 2 atom stereocenters. The molecule has 1 saturated carbocycles. The highest BCUT2D eigenvalue weighted by Gasteiger charge is 2.25. The van der Waals surface area contributed by atoms with Crippen LogP contribution in [0.25, 0.3) is 0 Å². The van der Waals surface area contributed by atoms with E-state index >= 15 is 0 Å². The lowest BCUT2D eigenvalue weighted by atomic mass is 10.00. The number of halogens is 1. The van der Waals surface area contributed by atoms with Gasteiger partial charge in [-0.05, 0) is 48.9 Å². The number of rotatable bonds is 7. The maximum atomic E-state index is 12.1. The molecule has 0 aromatic heterocycles. The van der Waals surface area contributed by atoms with Gasteiger partial charge in [0.05, 0.1) is 0 Å². The van der Waals surface area contributed by atoms with Gasteiger partial charge in [-0.25, -0.2) is 0 Å². The number of aryl methyl sites for hydroxylation is 1. The highest BCUT2D eigenvalue weighted by molar-refractivity contribution is 5.85. The summed E-state index contributed by atoms with van der Waals surface area (Å²) >= 11 is 0. The first kappa shape index (κ1) is 21.3. The van der Waals surface area contributed by atoms with Crippen LogP contribution in [0, 0.1) is 12.8 Å². The number of hydrogen-bond acceptors (Lipinski definition) is 3. The van der Waals surface area contributed by atoms with Gasteiger partial charge in [-0.15, -0.1) is 12.4 Å². The van der Waals surface area contributed by atoms with Crippen molar-refractivity contribution < 1.29 is 9.53 Å². The molecule has 0 aliphatic heterocycles. The zero-order valence-corrected chi connectivity index (χ0v) is 16.6. The largest absolute Gasteiger partial charge is 0.489 e. The van der Waals surface area contributed by atoms with Gasteiger partial charge in [0.15, 0.2) is 0 Å². The summed E-state index contributed by atoms with van der Waals surface area (Å²) in [5, 5.41) is 2.99. The molecular weight excluding hydrogens is 360 g/mol. The summed E-state index contributed by atoms with van der Waals surface area (Å²) in [5.74, 6) is 1.26. The van der Waals surface area contributed by atoms with Crippen molar-refractivity contribution >= 4 is 18.3 Å². The third kappa shape index (κ3) is 6.56. The van der Waals surface area contributed by atoms with Crippen LogP contribution in [0.5, 0.6) is 5.75 Å². The number of ether oxygens (including phenoxy) is 1. The van der Waals surface area contributed by atoms with Crippen molar-refractivity contribution in [2.45, 2.75) is 51.8 Å². The number of carbonyl (C=O) groups is 1. The predicted molar refractivity (Wildman–Crippen MR) is 111 cm³/mol. The van der Waals surface area contributed by atoms with Crippen LogP contribution in [-0.2, 0) is 17.9 Å². The second-order valence-corrected chi connectivity index (χ2v) is 7.26. The second-order valence-electron chi connectivity index (χ2n) is 7.26.